The van der Waals surface area contributed by atoms with E-state index >= 15 is 0 Å². The van der Waals surface area contributed by atoms with Crippen LogP contribution in [0.4, 0.5) is 4.39 Å². The van der Waals surface area contributed by atoms with Crippen molar-refractivity contribution in [2.45, 2.75) is 11.9 Å². The van der Waals surface area contributed by atoms with Crippen molar-refractivity contribution in [3.05, 3.63) is 59.8 Å². The number of halogens is 1. The van der Waals surface area contributed by atoms with Gasteiger partial charge >= 0.3 is 0 Å². The van der Waals surface area contributed by atoms with E-state index in [-0.39, 0.29) is 23.6 Å². The summed E-state index contributed by atoms with van der Waals surface area (Å²) in [7, 11) is 0. The average Bonchev–Trinajstić information content (AvgIpc) is 3.03. The molecule has 1 amide bonds. The molecule has 2 aromatic rings. The van der Waals surface area contributed by atoms with Gasteiger partial charge in [0, 0.05) is 5.56 Å². The van der Waals surface area contributed by atoms with E-state index in [0.29, 0.717) is 11.3 Å². The van der Waals surface area contributed by atoms with Crippen LogP contribution in [0.15, 0.2) is 47.1 Å². The Balaban J connectivity index is 1.85. The third-order valence-electron chi connectivity index (χ3n) is 3.05. The summed E-state index contributed by atoms with van der Waals surface area (Å²) in [5, 5.41) is -0.165. The van der Waals surface area contributed by atoms with E-state index in [4.69, 9.17) is 4.42 Å². The zero-order valence-corrected chi connectivity index (χ0v) is 10.9. The summed E-state index contributed by atoms with van der Waals surface area (Å²) in [6.45, 7) is 0.268. The summed E-state index contributed by atoms with van der Waals surface area (Å²) in [6, 6.07) is 10.2. The Morgan fingerprint density at radius 1 is 1.32 bits per heavy atom. The van der Waals surface area contributed by atoms with Crippen LogP contribution in [0.1, 0.15) is 16.7 Å². The minimum absolute atomic E-state index is 0.00894. The molecule has 1 saturated heterocycles. The number of carbonyl (C=O) groups is 1. The van der Waals surface area contributed by atoms with Crippen LogP contribution in [0.3, 0.4) is 0 Å². The molecule has 1 atom stereocenters. The first-order valence-corrected chi connectivity index (χ1v) is 6.98. The molecular weight excluding hydrogens is 265 g/mol. The lowest BCUT2D eigenvalue weighted by atomic mass is 10.2. The summed E-state index contributed by atoms with van der Waals surface area (Å²) >= 11 is 1.50. The van der Waals surface area contributed by atoms with Gasteiger partial charge in [-0.25, -0.2) is 4.39 Å². The Bertz CT molecular complexity index is 585. The Morgan fingerprint density at radius 3 is 2.89 bits per heavy atom. The predicted molar refractivity (Wildman–Crippen MR) is 70.9 cm³/mol. The predicted octanol–water partition coefficient (Wildman–Crippen LogP) is 3.19. The van der Waals surface area contributed by atoms with Gasteiger partial charge in [0.25, 0.3) is 0 Å². The van der Waals surface area contributed by atoms with E-state index in [9.17, 15) is 9.18 Å². The van der Waals surface area contributed by atoms with Crippen LogP contribution in [-0.4, -0.2) is 16.6 Å². The topological polar surface area (TPSA) is 33.5 Å². The van der Waals surface area contributed by atoms with Crippen LogP contribution in [0.2, 0.25) is 0 Å². The molecule has 19 heavy (non-hydrogen) atoms. The molecule has 98 valence electrons. The number of rotatable bonds is 3. The zero-order valence-electron chi connectivity index (χ0n) is 10.1. The van der Waals surface area contributed by atoms with Crippen LogP contribution >= 0.6 is 11.8 Å². The number of furan rings is 1. The second kappa shape index (κ2) is 5.09. The van der Waals surface area contributed by atoms with Gasteiger partial charge in [-0.3, -0.25) is 4.79 Å². The molecule has 0 aliphatic carbocycles. The Hall–Kier alpha value is -1.75. The van der Waals surface area contributed by atoms with Crippen LogP contribution in [0.25, 0.3) is 0 Å². The van der Waals surface area contributed by atoms with Gasteiger partial charge in [0.2, 0.25) is 5.91 Å². The molecule has 1 aromatic heterocycles. The van der Waals surface area contributed by atoms with Gasteiger partial charge in [-0.05, 0) is 18.2 Å². The van der Waals surface area contributed by atoms with Crippen LogP contribution in [-0.2, 0) is 11.3 Å². The van der Waals surface area contributed by atoms with E-state index in [0.717, 1.165) is 5.76 Å². The second-order valence-corrected chi connectivity index (χ2v) is 5.36. The number of hydrogen-bond acceptors (Lipinski definition) is 3. The molecule has 0 N–H and O–H groups in total. The van der Waals surface area contributed by atoms with Crippen molar-refractivity contribution in [1.82, 2.24) is 4.90 Å². The Morgan fingerprint density at radius 2 is 2.16 bits per heavy atom. The monoisotopic (exact) mass is 277 g/mol. The van der Waals surface area contributed by atoms with Gasteiger partial charge in [0.15, 0.2) is 0 Å². The molecule has 1 aliphatic rings. The fourth-order valence-corrected chi connectivity index (χ4v) is 3.24. The molecule has 2 heterocycles. The first-order chi connectivity index (χ1) is 9.25. The summed E-state index contributed by atoms with van der Waals surface area (Å²) in [5.41, 5.74) is 0.523. The maximum Gasteiger partial charge on any atom is 0.234 e. The molecule has 3 rings (SSSR count). The number of thioether (sulfide) groups is 1. The van der Waals surface area contributed by atoms with E-state index in [1.54, 1.807) is 35.4 Å². The molecule has 0 saturated carbocycles. The fraction of sp³-hybridized carbons (Fsp3) is 0.214. The van der Waals surface area contributed by atoms with E-state index < -0.39 is 0 Å². The Labute approximate surface area is 114 Å². The summed E-state index contributed by atoms with van der Waals surface area (Å²) in [6.07, 6.45) is 1.58. The van der Waals surface area contributed by atoms with Crippen LogP contribution in [0, 0.1) is 5.82 Å². The molecule has 0 spiro atoms. The van der Waals surface area contributed by atoms with Crippen molar-refractivity contribution >= 4 is 17.7 Å². The molecule has 3 nitrogen and oxygen atoms in total. The number of benzene rings is 1. The maximum atomic E-state index is 13.7. The molecule has 1 fully saturated rings. The van der Waals surface area contributed by atoms with Gasteiger partial charge in [-0.15, -0.1) is 11.8 Å². The molecule has 1 aromatic carbocycles. The van der Waals surface area contributed by atoms with E-state index in [1.165, 1.54) is 17.8 Å². The SMILES string of the molecule is O=C1CSC(c2ccco2)N1Cc1ccccc1F. The normalized spacial score (nSPS) is 19.1. The highest BCUT2D eigenvalue weighted by Gasteiger charge is 2.34. The minimum Gasteiger partial charge on any atom is -0.466 e. The third-order valence-corrected chi connectivity index (χ3v) is 4.27. The fourth-order valence-electron chi connectivity index (χ4n) is 2.10. The number of hydrogen-bond donors (Lipinski definition) is 0. The smallest absolute Gasteiger partial charge is 0.234 e. The van der Waals surface area contributed by atoms with Gasteiger partial charge in [-0.1, -0.05) is 18.2 Å². The standard InChI is InChI=1S/C14H12FNO2S/c15-11-5-2-1-4-10(11)8-16-13(17)9-19-14(16)12-6-3-7-18-12/h1-7,14H,8-9H2. The lowest BCUT2D eigenvalue weighted by Crippen LogP contribution is -2.27. The van der Waals surface area contributed by atoms with Crippen LogP contribution < -0.4 is 0 Å². The number of nitrogens with zero attached hydrogens (tertiary/aromatic N) is 1. The quantitative estimate of drug-likeness (QED) is 0.864. The van der Waals surface area contributed by atoms with Gasteiger partial charge in [-0.2, -0.15) is 0 Å². The Kier molecular flexibility index (Phi) is 3.29. The molecule has 0 bridgehead atoms. The largest absolute Gasteiger partial charge is 0.466 e. The van der Waals surface area contributed by atoms with Gasteiger partial charge in [0.05, 0.1) is 18.6 Å². The van der Waals surface area contributed by atoms with E-state index in [1.807, 2.05) is 6.07 Å². The first-order valence-electron chi connectivity index (χ1n) is 5.93. The summed E-state index contributed by atoms with van der Waals surface area (Å²) in [4.78, 5) is 13.6. The molecular formula is C14H12FNO2S. The zero-order chi connectivity index (χ0) is 13.2. The maximum absolute atomic E-state index is 13.7. The van der Waals surface area contributed by atoms with Crippen molar-refractivity contribution < 1.29 is 13.6 Å². The van der Waals surface area contributed by atoms with Crippen molar-refractivity contribution in [1.29, 1.82) is 0 Å². The number of amides is 1. The average molecular weight is 277 g/mol. The summed E-state index contributed by atoms with van der Waals surface area (Å²) < 4.78 is 19.0. The third kappa shape index (κ3) is 2.38. The van der Waals surface area contributed by atoms with Crippen LogP contribution in [0.5, 0.6) is 0 Å². The van der Waals surface area contributed by atoms with E-state index in [2.05, 4.69) is 0 Å². The lowest BCUT2D eigenvalue weighted by molar-refractivity contribution is -0.128. The molecule has 0 radical (unpaired) electrons. The van der Waals surface area contributed by atoms with Crippen molar-refractivity contribution in [2.24, 2.45) is 0 Å². The lowest BCUT2D eigenvalue weighted by Gasteiger charge is -2.22. The molecule has 1 aliphatic heterocycles. The van der Waals surface area contributed by atoms with Crippen molar-refractivity contribution in [3.8, 4) is 0 Å². The highest BCUT2D eigenvalue weighted by molar-refractivity contribution is 8.00. The van der Waals surface area contributed by atoms with Crippen molar-refractivity contribution in [3.63, 3.8) is 0 Å². The van der Waals surface area contributed by atoms with Crippen molar-refractivity contribution in [2.75, 3.05) is 5.75 Å². The highest BCUT2D eigenvalue weighted by atomic mass is 32.2. The second-order valence-electron chi connectivity index (χ2n) is 4.29. The first kappa shape index (κ1) is 12.3. The molecule has 1 unspecified atom stereocenters. The number of carbonyl (C=O) groups excluding carboxylic acids is 1. The van der Waals surface area contributed by atoms with Gasteiger partial charge in [0.1, 0.15) is 17.0 Å². The highest BCUT2D eigenvalue weighted by Crippen LogP contribution is 2.39. The summed E-state index contributed by atoms with van der Waals surface area (Å²) in [5.74, 6) is 0.854. The molecule has 5 heteroatoms. The minimum atomic E-state index is -0.287. The van der Waals surface area contributed by atoms with Gasteiger partial charge < -0.3 is 9.32 Å².